The Morgan fingerprint density at radius 2 is 2.21 bits per heavy atom. The molecule has 1 N–H and O–H groups in total. The predicted octanol–water partition coefficient (Wildman–Crippen LogP) is 2.10. The minimum atomic E-state index is -0.148. The number of hydrogen-bond acceptors (Lipinski definition) is 2. The summed E-state index contributed by atoms with van der Waals surface area (Å²) in [6.45, 7) is 0. The molecule has 2 unspecified atom stereocenters. The van der Waals surface area contributed by atoms with Gasteiger partial charge in [-0.15, -0.1) is 0 Å². The Morgan fingerprint density at radius 1 is 1.36 bits per heavy atom. The second-order valence-corrected chi connectivity index (χ2v) is 4.72. The van der Waals surface area contributed by atoms with Crippen LogP contribution in [0.5, 0.6) is 0 Å². The number of aliphatic hydroxyl groups excluding tert-OH is 1. The van der Waals surface area contributed by atoms with Crippen molar-refractivity contribution in [2.24, 2.45) is 5.41 Å². The lowest BCUT2D eigenvalue weighted by Crippen LogP contribution is -2.53. The highest BCUT2D eigenvalue weighted by Gasteiger charge is 2.57. The summed E-state index contributed by atoms with van der Waals surface area (Å²) in [7, 11) is 0. The fraction of sp³-hybridized carbons (Fsp3) is 0.583. The number of nitrogens with zero attached hydrogens (tertiary/aromatic N) is 1. The van der Waals surface area contributed by atoms with Crippen LogP contribution in [0.15, 0.2) is 24.4 Å². The highest BCUT2D eigenvalue weighted by Crippen LogP contribution is 2.63. The molecule has 3 rings (SSSR count). The first kappa shape index (κ1) is 8.42. The second kappa shape index (κ2) is 2.80. The molecular formula is C12H15NO. The normalized spacial score (nSPS) is 33.5. The molecule has 0 radical (unpaired) electrons. The Bertz CT molecular complexity index is 331. The van der Waals surface area contributed by atoms with Crippen molar-refractivity contribution in [3.8, 4) is 0 Å². The van der Waals surface area contributed by atoms with Crippen molar-refractivity contribution in [3.63, 3.8) is 0 Å². The van der Waals surface area contributed by atoms with Gasteiger partial charge in [-0.2, -0.15) is 0 Å². The summed E-state index contributed by atoms with van der Waals surface area (Å²) < 4.78 is 0. The maximum atomic E-state index is 9.82. The van der Waals surface area contributed by atoms with Gasteiger partial charge in [-0.25, -0.2) is 0 Å². The lowest BCUT2D eigenvalue weighted by Gasteiger charge is -2.58. The summed E-state index contributed by atoms with van der Waals surface area (Å²) in [5.41, 5.74) is 1.51. The Kier molecular flexibility index (Phi) is 1.68. The molecule has 0 saturated heterocycles. The molecule has 1 aromatic heterocycles. The molecule has 0 aliphatic heterocycles. The van der Waals surface area contributed by atoms with Crippen LogP contribution in [-0.4, -0.2) is 16.2 Å². The summed E-state index contributed by atoms with van der Waals surface area (Å²) in [5.74, 6) is 0.317. The van der Waals surface area contributed by atoms with E-state index in [9.17, 15) is 5.11 Å². The zero-order chi connectivity index (χ0) is 9.60. The van der Waals surface area contributed by atoms with Crippen LogP contribution in [0.25, 0.3) is 0 Å². The van der Waals surface area contributed by atoms with Crippen LogP contribution in [-0.2, 0) is 0 Å². The van der Waals surface area contributed by atoms with Gasteiger partial charge in [0.05, 0.1) is 6.10 Å². The van der Waals surface area contributed by atoms with Gasteiger partial charge in [-0.05, 0) is 36.8 Å². The van der Waals surface area contributed by atoms with E-state index < -0.39 is 0 Å². The number of aromatic nitrogens is 1. The lowest BCUT2D eigenvalue weighted by atomic mass is 9.47. The summed E-state index contributed by atoms with van der Waals surface area (Å²) in [6.07, 6.45) is 6.57. The Labute approximate surface area is 84.0 Å². The molecule has 0 amide bonds. The van der Waals surface area contributed by atoms with Crippen LogP contribution < -0.4 is 0 Å². The molecule has 1 aromatic rings. The zero-order valence-corrected chi connectivity index (χ0v) is 8.19. The van der Waals surface area contributed by atoms with Crippen LogP contribution in [0, 0.1) is 5.41 Å². The molecule has 0 bridgehead atoms. The van der Waals surface area contributed by atoms with Gasteiger partial charge in [0.25, 0.3) is 0 Å². The molecule has 1 spiro atoms. The Hall–Kier alpha value is -0.890. The molecule has 14 heavy (non-hydrogen) atoms. The van der Waals surface area contributed by atoms with Crippen LogP contribution in [0.2, 0.25) is 0 Å². The molecule has 2 fully saturated rings. The summed E-state index contributed by atoms with van der Waals surface area (Å²) in [5, 5.41) is 9.82. The highest BCUT2D eigenvalue weighted by atomic mass is 16.3. The quantitative estimate of drug-likeness (QED) is 0.734. The van der Waals surface area contributed by atoms with Gasteiger partial charge in [0, 0.05) is 17.8 Å². The molecule has 2 saturated carbocycles. The van der Waals surface area contributed by atoms with E-state index in [0.29, 0.717) is 11.3 Å². The summed E-state index contributed by atoms with van der Waals surface area (Å²) in [6, 6.07) is 5.99. The highest BCUT2D eigenvalue weighted by molar-refractivity contribution is 5.23. The van der Waals surface area contributed by atoms with Crippen LogP contribution >= 0.6 is 0 Å². The van der Waals surface area contributed by atoms with Crippen molar-refractivity contribution in [1.29, 1.82) is 0 Å². The first-order valence-electron chi connectivity index (χ1n) is 5.41. The monoisotopic (exact) mass is 189 g/mol. The third-order valence-electron chi connectivity index (χ3n) is 4.02. The maximum absolute atomic E-state index is 9.82. The van der Waals surface area contributed by atoms with E-state index in [4.69, 9.17) is 0 Å². The van der Waals surface area contributed by atoms with Gasteiger partial charge in [0.2, 0.25) is 0 Å². The van der Waals surface area contributed by atoms with E-state index in [1.54, 1.807) is 0 Å². The summed E-state index contributed by atoms with van der Waals surface area (Å²) >= 11 is 0. The van der Waals surface area contributed by atoms with Crippen LogP contribution in [0.4, 0.5) is 0 Å². The first-order chi connectivity index (χ1) is 6.82. The second-order valence-electron chi connectivity index (χ2n) is 4.72. The maximum Gasteiger partial charge on any atom is 0.0634 e. The van der Waals surface area contributed by atoms with Gasteiger partial charge >= 0.3 is 0 Å². The van der Waals surface area contributed by atoms with Gasteiger partial charge in [-0.3, -0.25) is 4.98 Å². The van der Waals surface area contributed by atoms with Crippen molar-refractivity contribution in [2.45, 2.75) is 37.7 Å². The summed E-state index contributed by atoms with van der Waals surface area (Å²) in [4.78, 5) is 4.37. The molecule has 2 heteroatoms. The standard InChI is InChI=1S/C12H15NO/c14-10-8-12(5-3-6-12)11(10)9-4-1-2-7-13-9/h1-2,4,7,10-11,14H,3,5-6,8H2. The van der Waals surface area contributed by atoms with E-state index in [1.165, 1.54) is 19.3 Å². The van der Waals surface area contributed by atoms with Crippen LogP contribution in [0.3, 0.4) is 0 Å². The van der Waals surface area contributed by atoms with Crippen molar-refractivity contribution >= 4 is 0 Å². The smallest absolute Gasteiger partial charge is 0.0634 e. The fourth-order valence-corrected chi connectivity index (χ4v) is 3.13. The number of hydrogen-bond donors (Lipinski definition) is 1. The van der Waals surface area contributed by atoms with E-state index in [-0.39, 0.29) is 6.10 Å². The van der Waals surface area contributed by atoms with Gasteiger partial charge in [0.1, 0.15) is 0 Å². The molecular weight excluding hydrogens is 174 g/mol. The largest absolute Gasteiger partial charge is 0.392 e. The van der Waals surface area contributed by atoms with E-state index in [2.05, 4.69) is 4.98 Å². The number of aliphatic hydroxyl groups is 1. The van der Waals surface area contributed by atoms with E-state index in [0.717, 1.165) is 12.1 Å². The van der Waals surface area contributed by atoms with Crippen molar-refractivity contribution in [1.82, 2.24) is 4.98 Å². The van der Waals surface area contributed by atoms with E-state index >= 15 is 0 Å². The molecule has 2 aliphatic rings. The third kappa shape index (κ3) is 0.976. The fourth-order valence-electron chi connectivity index (χ4n) is 3.13. The molecule has 2 aliphatic carbocycles. The third-order valence-corrected chi connectivity index (χ3v) is 4.02. The topological polar surface area (TPSA) is 33.1 Å². The van der Waals surface area contributed by atoms with Crippen molar-refractivity contribution in [2.75, 3.05) is 0 Å². The minimum absolute atomic E-state index is 0.148. The zero-order valence-electron chi connectivity index (χ0n) is 8.19. The molecule has 2 atom stereocenters. The van der Waals surface area contributed by atoms with Crippen molar-refractivity contribution < 1.29 is 5.11 Å². The van der Waals surface area contributed by atoms with Crippen molar-refractivity contribution in [3.05, 3.63) is 30.1 Å². The SMILES string of the molecule is OC1CC2(CCC2)C1c1ccccn1. The van der Waals surface area contributed by atoms with Crippen LogP contribution in [0.1, 0.15) is 37.3 Å². The minimum Gasteiger partial charge on any atom is -0.392 e. The number of rotatable bonds is 1. The predicted molar refractivity (Wildman–Crippen MR) is 53.9 cm³/mol. The van der Waals surface area contributed by atoms with Gasteiger partial charge < -0.3 is 5.11 Å². The lowest BCUT2D eigenvalue weighted by molar-refractivity contribution is -0.112. The van der Waals surface area contributed by atoms with Gasteiger partial charge in [-0.1, -0.05) is 12.5 Å². The van der Waals surface area contributed by atoms with E-state index in [1.807, 2.05) is 24.4 Å². The Morgan fingerprint density at radius 3 is 2.71 bits per heavy atom. The molecule has 1 heterocycles. The first-order valence-corrected chi connectivity index (χ1v) is 5.41. The molecule has 74 valence electrons. The molecule has 0 aromatic carbocycles. The molecule has 2 nitrogen and oxygen atoms in total. The average Bonchev–Trinajstić information content (AvgIpc) is 2.12. The average molecular weight is 189 g/mol. The Balaban J connectivity index is 1.90. The number of pyridine rings is 1. The van der Waals surface area contributed by atoms with Gasteiger partial charge in [0.15, 0.2) is 0 Å².